The largest absolute Gasteiger partial charge is 0.479 e. The maximum atomic E-state index is 11.6. The number of carbonyl (C=O) groups excluding carboxylic acids is 1. The molecule has 9 heteroatoms. The van der Waals surface area contributed by atoms with E-state index in [4.69, 9.17) is 21.1 Å². The summed E-state index contributed by atoms with van der Waals surface area (Å²) in [4.78, 5) is 22.3. The zero-order chi connectivity index (χ0) is 19.4. The Morgan fingerprint density at radius 2 is 2.04 bits per heavy atom. The van der Waals surface area contributed by atoms with Gasteiger partial charge in [0.05, 0.1) is 17.8 Å². The predicted molar refractivity (Wildman–Crippen MR) is 95.8 cm³/mol. The van der Waals surface area contributed by atoms with E-state index in [0.29, 0.717) is 17.2 Å². The van der Waals surface area contributed by atoms with Gasteiger partial charge in [0, 0.05) is 24.2 Å². The van der Waals surface area contributed by atoms with E-state index >= 15 is 0 Å². The molecule has 0 saturated heterocycles. The molecule has 8 nitrogen and oxygen atoms in total. The number of hydrogen-bond donors (Lipinski definition) is 0. The molecule has 0 aliphatic heterocycles. The minimum absolute atomic E-state index is 0.160. The van der Waals surface area contributed by atoms with Gasteiger partial charge in [0.25, 0.3) is 0 Å². The van der Waals surface area contributed by atoms with E-state index in [1.54, 1.807) is 11.7 Å². The highest BCUT2D eigenvalue weighted by Crippen LogP contribution is 2.37. The van der Waals surface area contributed by atoms with Gasteiger partial charge in [-0.05, 0) is 26.8 Å². The smallest absolute Gasteiger partial charge is 0.346 e. The summed E-state index contributed by atoms with van der Waals surface area (Å²) < 4.78 is 17.8. The third kappa shape index (κ3) is 4.13. The number of nitrogens with zero attached hydrogens (tertiary/aromatic N) is 3. The van der Waals surface area contributed by atoms with Crippen LogP contribution in [0.2, 0.25) is 5.02 Å². The van der Waals surface area contributed by atoms with Crippen molar-refractivity contribution in [1.82, 2.24) is 9.78 Å². The van der Waals surface area contributed by atoms with Crippen LogP contribution < -0.4 is 9.47 Å². The predicted octanol–water partition coefficient (Wildman–Crippen LogP) is 3.69. The molecule has 0 spiro atoms. The monoisotopic (exact) mass is 381 g/mol. The van der Waals surface area contributed by atoms with Crippen LogP contribution in [-0.4, -0.2) is 29.0 Å². The number of rotatable bonds is 7. The summed E-state index contributed by atoms with van der Waals surface area (Å²) in [6.45, 7) is 5.13. The van der Waals surface area contributed by atoms with Crippen molar-refractivity contribution in [2.45, 2.75) is 33.4 Å². The third-order valence-electron chi connectivity index (χ3n) is 3.85. The Bertz CT molecular complexity index is 834. The minimum Gasteiger partial charge on any atom is -0.479 e. The lowest BCUT2D eigenvalue weighted by atomic mass is 10.2. The Labute approximate surface area is 156 Å². The van der Waals surface area contributed by atoms with Crippen LogP contribution in [0.15, 0.2) is 17.3 Å². The second-order valence-corrected chi connectivity index (χ2v) is 6.11. The van der Waals surface area contributed by atoms with Crippen LogP contribution in [0.25, 0.3) is 0 Å². The molecule has 0 N–H and O–H groups in total. The molecule has 1 aromatic carbocycles. The lowest BCUT2D eigenvalue weighted by molar-refractivity contribution is -0.147. The highest BCUT2D eigenvalue weighted by molar-refractivity contribution is 6.32. The summed E-state index contributed by atoms with van der Waals surface area (Å²) >= 11 is 6.28. The summed E-state index contributed by atoms with van der Waals surface area (Å²) in [5, 5.41) is 7.43. The molecule has 1 heterocycles. The molecule has 0 radical (unpaired) electrons. The molecule has 140 valence electrons. The van der Waals surface area contributed by atoms with Gasteiger partial charge in [-0.25, -0.2) is 9.48 Å². The maximum Gasteiger partial charge on any atom is 0.346 e. The normalized spacial score (nSPS) is 11.8. The van der Waals surface area contributed by atoms with Gasteiger partial charge in [-0.3, -0.25) is 0 Å². The molecule has 26 heavy (non-hydrogen) atoms. The van der Waals surface area contributed by atoms with E-state index in [1.165, 1.54) is 26.2 Å². The molecule has 0 unspecified atom stereocenters. The van der Waals surface area contributed by atoms with Gasteiger partial charge in [0.15, 0.2) is 11.9 Å². The summed E-state index contributed by atoms with van der Waals surface area (Å²) in [6, 6.07) is 3.04. The summed E-state index contributed by atoms with van der Waals surface area (Å²) in [6.07, 6.45) is -0.875. The van der Waals surface area contributed by atoms with E-state index in [9.17, 15) is 9.70 Å². The number of benzene rings is 1. The molecule has 0 bridgehead atoms. The number of carbonyl (C=O) groups is 1. The zero-order valence-electron chi connectivity index (χ0n) is 15.2. The number of ether oxygens (including phenoxy) is 3. The maximum absolute atomic E-state index is 11.6. The van der Waals surface area contributed by atoms with Crippen molar-refractivity contribution >= 4 is 17.6 Å². The lowest BCUT2D eigenvalue weighted by Gasteiger charge is -2.17. The summed E-state index contributed by atoms with van der Waals surface area (Å²) in [7, 11) is 3.02. The Morgan fingerprint density at radius 1 is 1.35 bits per heavy atom. The number of aryl methyl sites for hydroxylation is 2. The van der Waals surface area contributed by atoms with Crippen molar-refractivity contribution in [3.63, 3.8) is 0 Å². The molecular formula is C17H20ClN3O5. The van der Waals surface area contributed by atoms with Gasteiger partial charge in [0.1, 0.15) is 12.3 Å². The van der Waals surface area contributed by atoms with Crippen LogP contribution in [0.1, 0.15) is 23.7 Å². The lowest BCUT2D eigenvalue weighted by Crippen LogP contribution is -2.25. The Kier molecular flexibility index (Phi) is 6.20. The van der Waals surface area contributed by atoms with Gasteiger partial charge in [-0.15, -0.1) is 0 Å². The highest BCUT2D eigenvalue weighted by atomic mass is 35.5. The number of nitroso groups, excluding NO2 is 1. The van der Waals surface area contributed by atoms with Crippen molar-refractivity contribution in [3.05, 3.63) is 38.9 Å². The quantitative estimate of drug-likeness (QED) is 0.536. The Hall–Kier alpha value is -2.61. The molecule has 0 fully saturated rings. The second kappa shape index (κ2) is 8.18. The van der Waals surface area contributed by atoms with Crippen molar-refractivity contribution in [2.75, 3.05) is 7.11 Å². The number of methoxy groups -OCH3 is 1. The molecule has 0 amide bonds. The zero-order valence-corrected chi connectivity index (χ0v) is 16.0. The van der Waals surface area contributed by atoms with E-state index < -0.39 is 12.1 Å². The van der Waals surface area contributed by atoms with Crippen molar-refractivity contribution in [1.29, 1.82) is 0 Å². The topological polar surface area (TPSA) is 92.0 Å². The van der Waals surface area contributed by atoms with E-state index in [0.717, 1.165) is 11.3 Å². The van der Waals surface area contributed by atoms with E-state index in [-0.39, 0.29) is 17.3 Å². The first kappa shape index (κ1) is 19.7. The fourth-order valence-electron chi connectivity index (χ4n) is 2.35. The van der Waals surface area contributed by atoms with Gasteiger partial charge in [0.2, 0.25) is 5.88 Å². The van der Waals surface area contributed by atoms with Crippen molar-refractivity contribution in [3.8, 4) is 17.4 Å². The number of halogens is 1. The van der Waals surface area contributed by atoms with Crippen LogP contribution in [0.4, 0.5) is 0 Å². The second-order valence-electron chi connectivity index (χ2n) is 5.70. The highest BCUT2D eigenvalue weighted by Gasteiger charge is 2.20. The van der Waals surface area contributed by atoms with Crippen LogP contribution in [-0.2, 0) is 23.1 Å². The molecule has 0 aliphatic carbocycles. The average molecular weight is 382 g/mol. The van der Waals surface area contributed by atoms with Crippen LogP contribution in [0.5, 0.6) is 17.4 Å². The van der Waals surface area contributed by atoms with Crippen LogP contribution in [0.3, 0.4) is 0 Å². The standard InChI is InChI=1S/C17H20ClN3O5/c1-9-10(2)20-21(4)16(9)26-15-7-14(25-11(3)17(22)24-5)12(8-19-23)6-13(15)18/h6-7,11H,8H2,1-5H3/t11-/m0/s1. The first-order valence-corrected chi connectivity index (χ1v) is 8.20. The van der Waals surface area contributed by atoms with Gasteiger partial charge in [-0.1, -0.05) is 16.8 Å². The third-order valence-corrected chi connectivity index (χ3v) is 4.15. The number of hydrogen-bond acceptors (Lipinski definition) is 7. The average Bonchev–Trinajstić information content (AvgIpc) is 2.84. The SMILES string of the molecule is COC(=O)[C@H](C)Oc1cc(Oc2c(C)c(C)nn2C)c(Cl)cc1CN=O. The van der Waals surface area contributed by atoms with E-state index in [1.807, 2.05) is 13.8 Å². The molecule has 2 aromatic rings. The Morgan fingerprint density at radius 3 is 2.58 bits per heavy atom. The van der Waals surface area contributed by atoms with E-state index in [2.05, 4.69) is 15.0 Å². The Balaban J connectivity index is 2.42. The first-order chi connectivity index (χ1) is 12.3. The fraction of sp³-hybridized carbons (Fsp3) is 0.412. The van der Waals surface area contributed by atoms with Gasteiger partial charge >= 0.3 is 5.97 Å². The molecule has 0 saturated carbocycles. The fourth-order valence-corrected chi connectivity index (χ4v) is 2.58. The number of aromatic nitrogens is 2. The van der Waals surface area contributed by atoms with Crippen molar-refractivity contribution < 1.29 is 19.0 Å². The molecule has 0 aliphatic rings. The summed E-state index contributed by atoms with van der Waals surface area (Å²) in [5.74, 6) is 0.543. The first-order valence-electron chi connectivity index (χ1n) is 7.82. The molecule has 1 atom stereocenters. The van der Waals surface area contributed by atoms with Crippen LogP contribution >= 0.6 is 11.6 Å². The minimum atomic E-state index is -0.875. The molecular weight excluding hydrogens is 362 g/mol. The van der Waals surface area contributed by atoms with Crippen molar-refractivity contribution in [2.24, 2.45) is 12.2 Å². The van der Waals surface area contributed by atoms with Gasteiger partial charge in [-0.2, -0.15) is 10.0 Å². The van der Waals surface area contributed by atoms with Crippen LogP contribution in [0, 0.1) is 18.8 Å². The summed E-state index contributed by atoms with van der Waals surface area (Å²) in [5.41, 5.74) is 2.13. The number of esters is 1. The molecule has 1 aromatic heterocycles. The van der Waals surface area contributed by atoms with Gasteiger partial charge < -0.3 is 14.2 Å². The molecule has 2 rings (SSSR count).